The normalized spacial score (nSPS) is 16.7. The van der Waals surface area contributed by atoms with Gasteiger partial charge in [0.2, 0.25) is 11.8 Å². The van der Waals surface area contributed by atoms with Crippen LogP contribution in [0.25, 0.3) is 0 Å². The molecule has 148 valence electrons. The minimum Gasteiger partial charge on any atom is -0.492 e. The van der Waals surface area contributed by atoms with Crippen molar-refractivity contribution in [3.63, 3.8) is 0 Å². The van der Waals surface area contributed by atoms with Crippen molar-refractivity contribution in [2.45, 2.75) is 25.8 Å². The van der Waals surface area contributed by atoms with Crippen LogP contribution >= 0.6 is 0 Å². The van der Waals surface area contributed by atoms with Crippen LogP contribution in [0.2, 0.25) is 0 Å². The third-order valence-electron chi connectivity index (χ3n) is 4.71. The molecule has 1 aromatic heterocycles. The highest BCUT2D eigenvalue weighted by Gasteiger charge is 2.30. The van der Waals surface area contributed by atoms with Crippen LogP contribution in [0.4, 0.5) is 4.39 Å². The van der Waals surface area contributed by atoms with Crippen molar-refractivity contribution in [3.8, 4) is 5.75 Å². The summed E-state index contributed by atoms with van der Waals surface area (Å²) in [6.45, 7) is 1.48. The number of hydrogen-bond donors (Lipinski definition) is 1. The zero-order valence-electron chi connectivity index (χ0n) is 15.6. The molecule has 2 aromatic rings. The summed E-state index contributed by atoms with van der Waals surface area (Å²) in [6, 6.07) is 10.0. The van der Waals surface area contributed by atoms with Gasteiger partial charge in [0, 0.05) is 37.8 Å². The van der Waals surface area contributed by atoms with E-state index in [9.17, 15) is 14.0 Å². The van der Waals surface area contributed by atoms with Gasteiger partial charge in [0.1, 0.15) is 11.6 Å². The summed E-state index contributed by atoms with van der Waals surface area (Å²) in [5.41, 5.74) is 0.462. The molecule has 7 heteroatoms. The number of carbonyl (C=O) groups excluding carboxylic acids is 2. The molecule has 2 heterocycles. The summed E-state index contributed by atoms with van der Waals surface area (Å²) >= 11 is 0. The number of halogens is 1. The molecule has 0 aliphatic carbocycles. The number of benzene rings is 1. The Morgan fingerprint density at radius 3 is 2.93 bits per heavy atom. The molecule has 1 aliphatic heterocycles. The summed E-state index contributed by atoms with van der Waals surface area (Å²) in [7, 11) is 0. The van der Waals surface area contributed by atoms with E-state index in [0.29, 0.717) is 50.3 Å². The van der Waals surface area contributed by atoms with Gasteiger partial charge in [0.15, 0.2) is 0 Å². The lowest BCUT2D eigenvalue weighted by atomic mass is 9.96. The number of pyridine rings is 1. The van der Waals surface area contributed by atoms with E-state index in [1.54, 1.807) is 41.6 Å². The van der Waals surface area contributed by atoms with Crippen molar-refractivity contribution in [1.29, 1.82) is 0 Å². The Morgan fingerprint density at radius 2 is 2.14 bits per heavy atom. The Hall–Kier alpha value is -2.96. The van der Waals surface area contributed by atoms with Gasteiger partial charge in [-0.3, -0.25) is 14.6 Å². The Kier molecular flexibility index (Phi) is 6.94. The molecule has 2 amide bonds. The molecule has 1 aliphatic rings. The average Bonchev–Trinajstić information content (AvgIpc) is 2.71. The molecule has 6 nitrogen and oxygen atoms in total. The topological polar surface area (TPSA) is 71.5 Å². The van der Waals surface area contributed by atoms with Crippen LogP contribution < -0.4 is 10.1 Å². The molecular weight excluding hydrogens is 361 g/mol. The first kappa shape index (κ1) is 19.8. The third-order valence-corrected chi connectivity index (χ3v) is 4.71. The fourth-order valence-corrected chi connectivity index (χ4v) is 3.16. The van der Waals surface area contributed by atoms with E-state index < -0.39 is 0 Å². The monoisotopic (exact) mass is 385 g/mol. The van der Waals surface area contributed by atoms with Crippen molar-refractivity contribution in [1.82, 2.24) is 15.2 Å². The van der Waals surface area contributed by atoms with E-state index in [2.05, 4.69) is 10.3 Å². The summed E-state index contributed by atoms with van der Waals surface area (Å²) in [4.78, 5) is 30.1. The minimum absolute atomic E-state index is 0.0443. The van der Waals surface area contributed by atoms with Crippen molar-refractivity contribution in [2.24, 2.45) is 5.92 Å². The van der Waals surface area contributed by atoms with E-state index in [1.807, 2.05) is 6.07 Å². The van der Waals surface area contributed by atoms with Gasteiger partial charge in [0.05, 0.1) is 18.7 Å². The second kappa shape index (κ2) is 9.82. The number of aromatic nitrogens is 1. The second-order valence-electron chi connectivity index (χ2n) is 6.78. The first-order valence-corrected chi connectivity index (χ1v) is 9.45. The molecule has 0 saturated carbocycles. The highest BCUT2D eigenvalue weighted by atomic mass is 19.1. The minimum atomic E-state index is -0.338. The molecule has 1 atom stereocenters. The van der Waals surface area contributed by atoms with Crippen LogP contribution in [0, 0.1) is 11.7 Å². The number of hydrogen-bond acceptors (Lipinski definition) is 4. The Bertz CT molecular complexity index is 800. The van der Waals surface area contributed by atoms with Crippen LogP contribution in [0.1, 0.15) is 24.8 Å². The number of amides is 2. The fourth-order valence-electron chi connectivity index (χ4n) is 3.16. The van der Waals surface area contributed by atoms with E-state index >= 15 is 0 Å². The predicted octanol–water partition coefficient (Wildman–Crippen LogP) is 2.54. The number of ether oxygens (including phenoxy) is 1. The first-order chi connectivity index (χ1) is 13.6. The van der Waals surface area contributed by atoms with Crippen LogP contribution in [0.3, 0.4) is 0 Å². The molecule has 3 rings (SSSR count). The maximum atomic E-state index is 13.9. The molecule has 0 radical (unpaired) electrons. The standard InChI is InChI=1S/C21H24FN3O3/c22-19-7-2-1-5-16(19)14-25-15-17(8-9-20(25)26)21(27)24-11-4-12-28-18-6-3-10-23-13-18/h1-3,5-7,10,13,17H,4,8-9,11-12,14-15H2,(H,24,27). The number of nitrogens with zero attached hydrogens (tertiary/aromatic N) is 2. The Morgan fingerprint density at radius 1 is 1.29 bits per heavy atom. The maximum Gasteiger partial charge on any atom is 0.224 e. The van der Waals surface area contributed by atoms with E-state index in [1.165, 1.54) is 6.07 Å². The average molecular weight is 385 g/mol. The Balaban J connectivity index is 1.42. The van der Waals surface area contributed by atoms with Gasteiger partial charge in [-0.1, -0.05) is 18.2 Å². The van der Waals surface area contributed by atoms with Crippen LogP contribution in [-0.4, -0.2) is 41.4 Å². The van der Waals surface area contributed by atoms with Crippen LogP contribution in [0.15, 0.2) is 48.8 Å². The number of nitrogens with one attached hydrogen (secondary N) is 1. The lowest BCUT2D eigenvalue weighted by Crippen LogP contribution is -2.45. The summed E-state index contributed by atoms with van der Waals surface area (Å²) < 4.78 is 19.4. The van der Waals surface area contributed by atoms with Gasteiger partial charge in [-0.15, -0.1) is 0 Å². The van der Waals surface area contributed by atoms with Crippen LogP contribution in [-0.2, 0) is 16.1 Å². The van der Waals surface area contributed by atoms with E-state index in [0.717, 1.165) is 0 Å². The first-order valence-electron chi connectivity index (χ1n) is 9.45. The lowest BCUT2D eigenvalue weighted by molar-refractivity contribution is -0.138. The SMILES string of the molecule is O=C(NCCCOc1cccnc1)C1CCC(=O)N(Cc2ccccc2F)C1. The molecule has 1 aromatic carbocycles. The molecule has 0 spiro atoms. The van der Waals surface area contributed by atoms with Crippen molar-refractivity contribution in [3.05, 3.63) is 60.2 Å². The van der Waals surface area contributed by atoms with Gasteiger partial charge in [-0.25, -0.2) is 4.39 Å². The second-order valence-corrected chi connectivity index (χ2v) is 6.78. The number of carbonyl (C=O) groups is 2. The molecular formula is C21H24FN3O3. The van der Waals surface area contributed by atoms with Gasteiger partial charge < -0.3 is 15.0 Å². The molecule has 1 N–H and O–H groups in total. The van der Waals surface area contributed by atoms with Crippen molar-refractivity contribution >= 4 is 11.8 Å². The maximum absolute atomic E-state index is 13.9. The summed E-state index contributed by atoms with van der Waals surface area (Å²) in [5, 5.41) is 2.90. The number of rotatable bonds is 8. The highest BCUT2D eigenvalue weighted by molar-refractivity contribution is 5.83. The Labute approximate surface area is 163 Å². The van der Waals surface area contributed by atoms with E-state index in [4.69, 9.17) is 4.74 Å². The van der Waals surface area contributed by atoms with Crippen LogP contribution in [0.5, 0.6) is 5.75 Å². The fraction of sp³-hybridized carbons (Fsp3) is 0.381. The largest absolute Gasteiger partial charge is 0.492 e. The van der Waals surface area contributed by atoms with Gasteiger partial charge in [-0.2, -0.15) is 0 Å². The van der Waals surface area contributed by atoms with E-state index in [-0.39, 0.29) is 30.1 Å². The van der Waals surface area contributed by atoms with Crippen molar-refractivity contribution < 1.29 is 18.7 Å². The smallest absolute Gasteiger partial charge is 0.224 e. The summed E-state index contributed by atoms with van der Waals surface area (Å²) in [6.07, 6.45) is 4.81. The zero-order chi connectivity index (χ0) is 19.8. The van der Waals surface area contributed by atoms with Gasteiger partial charge in [-0.05, 0) is 31.0 Å². The van der Waals surface area contributed by atoms with Gasteiger partial charge in [0.25, 0.3) is 0 Å². The summed E-state index contributed by atoms with van der Waals surface area (Å²) in [5.74, 6) is -0.0350. The molecule has 1 unspecified atom stereocenters. The number of piperidine rings is 1. The molecule has 28 heavy (non-hydrogen) atoms. The van der Waals surface area contributed by atoms with Gasteiger partial charge >= 0.3 is 0 Å². The molecule has 1 saturated heterocycles. The quantitative estimate of drug-likeness (QED) is 0.709. The van der Waals surface area contributed by atoms with Crippen molar-refractivity contribution in [2.75, 3.05) is 19.7 Å². The predicted molar refractivity (Wildman–Crippen MR) is 102 cm³/mol. The highest BCUT2D eigenvalue weighted by Crippen LogP contribution is 2.21. The number of likely N-dealkylation sites (tertiary alicyclic amines) is 1. The molecule has 0 bridgehead atoms. The zero-order valence-corrected chi connectivity index (χ0v) is 15.6. The lowest BCUT2D eigenvalue weighted by Gasteiger charge is -2.32. The third kappa shape index (κ3) is 5.52. The molecule has 1 fully saturated rings.